The van der Waals surface area contributed by atoms with Crippen LogP contribution < -0.4 is 15.6 Å². The van der Waals surface area contributed by atoms with E-state index in [1.807, 2.05) is 49.4 Å². The molecule has 3 heterocycles. The van der Waals surface area contributed by atoms with Crippen molar-refractivity contribution in [2.75, 3.05) is 11.9 Å². The first-order chi connectivity index (χ1) is 16.4. The van der Waals surface area contributed by atoms with Crippen LogP contribution in [-0.4, -0.2) is 27.1 Å². The number of thioether (sulfide) groups is 1. The zero-order valence-electron chi connectivity index (χ0n) is 18.4. The van der Waals surface area contributed by atoms with Crippen LogP contribution in [0.3, 0.4) is 0 Å². The smallest absolute Gasteiger partial charge is 0.287 e. The maximum Gasteiger partial charge on any atom is 0.287 e. The fraction of sp³-hybridized carbons (Fsp3) is 0.167. The lowest BCUT2D eigenvalue weighted by Crippen LogP contribution is -2.20. The van der Waals surface area contributed by atoms with E-state index >= 15 is 0 Å². The normalized spacial score (nSPS) is 11.2. The highest BCUT2D eigenvalue weighted by molar-refractivity contribution is 8.00. The number of ether oxygens (including phenoxy) is 1. The van der Waals surface area contributed by atoms with Crippen LogP contribution in [0.1, 0.15) is 17.0 Å². The molecule has 2 aromatic carbocycles. The van der Waals surface area contributed by atoms with E-state index in [2.05, 4.69) is 15.3 Å². The molecule has 0 saturated carbocycles. The van der Waals surface area contributed by atoms with Crippen molar-refractivity contribution < 1.29 is 14.1 Å². The molecule has 0 fully saturated rings. The number of thiazole rings is 1. The van der Waals surface area contributed by atoms with Gasteiger partial charge in [0.15, 0.2) is 16.6 Å². The van der Waals surface area contributed by atoms with Gasteiger partial charge in [-0.15, -0.1) is 15.9 Å². The number of hydrogen-bond acceptors (Lipinski definition) is 8. The number of aromatic nitrogens is 3. The van der Waals surface area contributed by atoms with Gasteiger partial charge in [-0.25, -0.2) is 9.97 Å². The first-order valence-electron chi connectivity index (χ1n) is 10.5. The fourth-order valence-corrected chi connectivity index (χ4v) is 5.31. The van der Waals surface area contributed by atoms with Gasteiger partial charge in [-0.3, -0.25) is 9.59 Å². The van der Waals surface area contributed by atoms with E-state index in [0.29, 0.717) is 34.3 Å². The minimum Gasteiger partial charge on any atom is -0.484 e. The number of nitrogens with zero attached hydrogens (tertiary/aromatic N) is 3. The number of amides is 1. The van der Waals surface area contributed by atoms with E-state index in [4.69, 9.17) is 9.26 Å². The summed E-state index contributed by atoms with van der Waals surface area (Å²) in [5.74, 6) is 1.56. The summed E-state index contributed by atoms with van der Waals surface area (Å²) in [6.07, 6.45) is 0. The molecule has 0 spiro atoms. The first kappa shape index (κ1) is 22.2. The van der Waals surface area contributed by atoms with Crippen molar-refractivity contribution >= 4 is 50.6 Å². The number of fused-ring (bicyclic) bond motifs is 2. The van der Waals surface area contributed by atoms with Gasteiger partial charge in [-0.1, -0.05) is 29.5 Å². The quantitative estimate of drug-likeness (QED) is 0.325. The monoisotopic (exact) mass is 492 g/mol. The van der Waals surface area contributed by atoms with Gasteiger partial charge in [0, 0.05) is 23.6 Å². The molecule has 3 aromatic heterocycles. The van der Waals surface area contributed by atoms with Crippen molar-refractivity contribution in [1.29, 1.82) is 0 Å². The molecule has 0 aliphatic heterocycles. The average molecular weight is 493 g/mol. The third-order valence-electron chi connectivity index (χ3n) is 4.91. The van der Waals surface area contributed by atoms with Crippen molar-refractivity contribution in [3.8, 4) is 5.75 Å². The number of anilines is 1. The minimum atomic E-state index is -0.246. The summed E-state index contributed by atoms with van der Waals surface area (Å²) in [7, 11) is 0. The Morgan fingerprint density at radius 2 is 1.94 bits per heavy atom. The Labute approximate surface area is 202 Å². The molecule has 172 valence electrons. The highest BCUT2D eigenvalue weighted by Gasteiger charge is 2.11. The molecule has 0 aliphatic carbocycles. The molecule has 10 heteroatoms. The maximum absolute atomic E-state index is 12.3. The molecule has 0 saturated heterocycles. The molecule has 5 rings (SSSR count). The van der Waals surface area contributed by atoms with Crippen LogP contribution in [0.2, 0.25) is 0 Å². The Morgan fingerprint density at radius 3 is 2.76 bits per heavy atom. The zero-order chi connectivity index (χ0) is 23.7. The number of carbonyl (C=O) groups is 1. The van der Waals surface area contributed by atoms with Crippen LogP contribution in [0.15, 0.2) is 68.3 Å². The summed E-state index contributed by atoms with van der Waals surface area (Å²) in [4.78, 5) is 33.6. The Hall–Kier alpha value is -3.63. The minimum absolute atomic E-state index is 0.0710. The third kappa shape index (κ3) is 4.97. The van der Waals surface area contributed by atoms with Gasteiger partial charge in [0.2, 0.25) is 0 Å². The molecule has 1 amide bonds. The largest absolute Gasteiger partial charge is 0.484 e. The summed E-state index contributed by atoms with van der Waals surface area (Å²) >= 11 is 3.03. The molecule has 0 aliphatic rings. The lowest BCUT2D eigenvalue weighted by molar-refractivity contribution is -0.118. The van der Waals surface area contributed by atoms with Crippen molar-refractivity contribution in [2.24, 2.45) is 0 Å². The van der Waals surface area contributed by atoms with Crippen LogP contribution in [0.25, 0.3) is 15.9 Å². The van der Waals surface area contributed by atoms with Gasteiger partial charge in [-0.2, -0.15) is 0 Å². The Balaban J connectivity index is 1.22. The second-order valence-corrected chi connectivity index (χ2v) is 9.94. The lowest BCUT2D eigenvalue weighted by atomic mass is 10.2. The molecule has 0 bridgehead atoms. The zero-order valence-corrected chi connectivity index (χ0v) is 20.0. The highest BCUT2D eigenvalue weighted by Crippen LogP contribution is 2.32. The summed E-state index contributed by atoms with van der Waals surface area (Å²) in [5.41, 5.74) is 3.57. The maximum atomic E-state index is 12.3. The van der Waals surface area contributed by atoms with E-state index < -0.39 is 0 Å². The predicted octanol–water partition coefficient (Wildman–Crippen LogP) is 4.82. The first-order valence-corrected chi connectivity index (χ1v) is 12.3. The van der Waals surface area contributed by atoms with Crippen LogP contribution in [0.5, 0.6) is 5.75 Å². The molecule has 5 aromatic rings. The fourth-order valence-electron chi connectivity index (χ4n) is 3.31. The van der Waals surface area contributed by atoms with Crippen LogP contribution in [0, 0.1) is 13.8 Å². The van der Waals surface area contributed by atoms with E-state index in [1.54, 1.807) is 13.0 Å². The summed E-state index contributed by atoms with van der Waals surface area (Å²) in [6.45, 7) is 3.70. The van der Waals surface area contributed by atoms with Crippen molar-refractivity contribution in [3.63, 3.8) is 0 Å². The van der Waals surface area contributed by atoms with Crippen molar-refractivity contribution in [3.05, 3.63) is 82.0 Å². The molecule has 0 radical (unpaired) electrons. The lowest BCUT2D eigenvalue weighted by Gasteiger charge is -2.07. The average Bonchev–Trinajstić information content (AvgIpc) is 3.39. The molecular formula is C24H20N4O4S2. The van der Waals surface area contributed by atoms with Crippen LogP contribution in [-0.2, 0) is 10.5 Å². The number of hydrogen-bond donors (Lipinski definition) is 1. The second kappa shape index (κ2) is 9.32. The van der Waals surface area contributed by atoms with E-state index in [1.165, 1.54) is 33.7 Å². The van der Waals surface area contributed by atoms with Crippen molar-refractivity contribution in [2.45, 2.75) is 23.9 Å². The third-order valence-corrected chi connectivity index (χ3v) is 7.11. The molecule has 0 atom stereocenters. The van der Waals surface area contributed by atoms with Crippen LogP contribution in [0.4, 0.5) is 5.69 Å². The van der Waals surface area contributed by atoms with Gasteiger partial charge in [-0.05, 0) is 44.2 Å². The summed E-state index contributed by atoms with van der Waals surface area (Å²) < 4.78 is 13.8. The second-order valence-electron chi connectivity index (χ2n) is 7.69. The Kier molecular flexibility index (Phi) is 6.08. The Bertz CT molecular complexity index is 1550. The Morgan fingerprint density at radius 1 is 1.12 bits per heavy atom. The van der Waals surface area contributed by atoms with E-state index in [9.17, 15) is 9.59 Å². The molecular weight excluding hydrogens is 472 g/mol. The van der Waals surface area contributed by atoms with E-state index in [0.717, 1.165) is 20.1 Å². The van der Waals surface area contributed by atoms with Gasteiger partial charge in [0.1, 0.15) is 11.5 Å². The number of benzene rings is 2. The molecule has 8 nitrogen and oxygen atoms in total. The predicted molar refractivity (Wildman–Crippen MR) is 133 cm³/mol. The molecule has 1 N–H and O–H groups in total. The van der Waals surface area contributed by atoms with Crippen LogP contribution >= 0.6 is 23.1 Å². The topological polar surface area (TPSA) is 98.7 Å². The number of rotatable bonds is 7. The van der Waals surface area contributed by atoms with Gasteiger partial charge in [0.05, 0.1) is 15.9 Å². The number of nitrogens with one attached hydrogen (secondary N) is 1. The van der Waals surface area contributed by atoms with Crippen molar-refractivity contribution in [1.82, 2.24) is 14.5 Å². The van der Waals surface area contributed by atoms with Gasteiger partial charge < -0.3 is 14.6 Å². The van der Waals surface area contributed by atoms with E-state index in [-0.39, 0.29) is 18.1 Å². The summed E-state index contributed by atoms with van der Waals surface area (Å²) in [6, 6.07) is 16.3. The standard InChI is InChI=1S/C24H20N4O4S2/c1-14-3-6-18(7-4-14)31-12-22(29)26-16-5-8-19-20(10-16)34-24(27-19)33-13-17-11-23(30)28-21(25-17)9-15(2)32-28/h3-11H,12-13H2,1-2H3,(H,26,29). The molecule has 34 heavy (non-hydrogen) atoms. The number of aryl methyl sites for hydroxylation is 2. The van der Waals surface area contributed by atoms with Gasteiger partial charge >= 0.3 is 0 Å². The number of carbonyl (C=O) groups excluding carboxylic acids is 1. The SMILES string of the molecule is Cc1ccc(OCC(=O)Nc2ccc3nc(SCc4cc(=O)n5oc(C)cc5n4)sc3c2)cc1. The highest BCUT2D eigenvalue weighted by atomic mass is 32.2. The van der Waals surface area contributed by atoms with Gasteiger partial charge in [0.25, 0.3) is 11.5 Å². The molecule has 0 unspecified atom stereocenters. The summed E-state index contributed by atoms with van der Waals surface area (Å²) in [5, 5.41) is 2.86.